The third kappa shape index (κ3) is 8.67. The molecule has 1 aliphatic heterocycles. The predicted octanol–water partition coefficient (Wildman–Crippen LogP) is 5.46. The highest BCUT2D eigenvalue weighted by Crippen LogP contribution is 2.34. The fourth-order valence-electron chi connectivity index (χ4n) is 3.66. The number of rotatable bonds is 6. The summed E-state index contributed by atoms with van der Waals surface area (Å²) in [6, 6.07) is 9.72. The molecule has 4 heterocycles. The third-order valence-corrected chi connectivity index (χ3v) is 7.23. The summed E-state index contributed by atoms with van der Waals surface area (Å²) in [4.78, 5) is 28.4. The van der Waals surface area contributed by atoms with E-state index >= 15 is 0 Å². The van der Waals surface area contributed by atoms with Crippen LogP contribution in [0.5, 0.6) is 0 Å². The van der Waals surface area contributed by atoms with E-state index in [1.54, 1.807) is 22.4 Å². The number of hydrogen-bond acceptors (Lipinski definition) is 8. The van der Waals surface area contributed by atoms with E-state index in [4.69, 9.17) is 4.98 Å². The van der Waals surface area contributed by atoms with Gasteiger partial charge in [0.2, 0.25) is 5.91 Å². The summed E-state index contributed by atoms with van der Waals surface area (Å²) in [5.41, 5.74) is 1.96. The summed E-state index contributed by atoms with van der Waals surface area (Å²) in [5.74, 6) is 0.981. The van der Waals surface area contributed by atoms with Gasteiger partial charge in [0.05, 0.1) is 15.6 Å². The first-order valence-electron chi connectivity index (χ1n) is 12.4. The Balaban J connectivity index is 0.00000109. The molecule has 3 aromatic heterocycles. The van der Waals surface area contributed by atoms with Gasteiger partial charge in [0, 0.05) is 37.7 Å². The predicted molar refractivity (Wildman–Crippen MR) is 149 cm³/mol. The molecule has 1 saturated heterocycles. The number of carbonyl (C=O) groups excluding carboxylic acids is 1. The Bertz CT molecular complexity index is 1220. The maximum absolute atomic E-state index is 12.1. The molecule has 196 valence electrons. The highest BCUT2D eigenvalue weighted by atomic mass is 32.2. The van der Waals surface area contributed by atoms with Crippen LogP contribution in [0.25, 0.3) is 10.6 Å². The summed E-state index contributed by atoms with van der Waals surface area (Å²) in [6.45, 7) is 11.1. The fraction of sp³-hybridized carbons (Fsp3) is 0.462. The van der Waals surface area contributed by atoms with Gasteiger partial charge in [-0.25, -0.2) is 23.4 Å². The number of nitrogens with one attached hydrogen (secondary N) is 1. The number of hydrogen-bond donors (Lipinski definition) is 1. The van der Waals surface area contributed by atoms with Crippen molar-refractivity contribution in [2.75, 3.05) is 30.4 Å². The zero-order valence-corrected chi connectivity index (χ0v) is 23.6. The molecule has 0 aliphatic carbocycles. The van der Waals surface area contributed by atoms with Crippen molar-refractivity contribution < 1.29 is 13.2 Å². The minimum atomic E-state index is -3.31. The quantitative estimate of drug-likeness (QED) is 0.450. The Labute approximate surface area is 219 Å². The van der Waals surface area contributed by atoms with Gasteiger partial charge >= 0.3 is 0 Å². The van der Waals surface area contributed by atoms with Gasteiger partial charge in [-0.2, -0.15) is 0 Å². The Morgan fingerprint density at radius 3 is 2.42 bits per heavy atom. The average molecular weight is 532 g/mol. The van der Waals surface area contributed by atoms with Gasteiger partial charge < -0.3 is 10.2 Å². The summed E-state index contributed by atoms with van der Waals surface area (Å²) in [5, 5.41) is 4.26. The molecular formula is C26H37N5O3S2. The van der Waals surface area contributed by atoms with E-state index in [2.05, 4.69) is 15.3 Å². The lowest BCUT2D eigenvalue weighted by atomic mass is 9.97. The van der Waals surface area contributed by atoms with Gasteiger partial charge in [-0.1, -0.05) is 33.8 Å². The second-order valence-electron chi connectivity index (χ2n) is 8.04. The highest BCUT2D eigenvalue weighted by Gasteiger charge is 2.27. The first-order valence-corrected chi connectivity index (χ1v) is 15.2. The van der Waals surface area contributed by atoms with Crippen molar-refractivity contribution in [3.8, 4) is 10.6 Å². The van der Waals surface area contributed by atoms with Crippen LogP contribution in [0, 0.1) is 6.92 Å². The molecular weight excluding hydrogens is 494 g/mol. The Morgan fingerprint density at radius 2 is 1.78 bits per heavy atom. The molecule has 0 saturated carbocycles. The smallest absolute Gasteiger partial charge is 0.237 e. The molecule has 10 heteroatoms. The van der Waals surface area contributed by atoms with Crippen LogP contribution < -0.4 is 5.32 Å². The van der Waals surface area contributed by atoms with Gasteiger partial charge in [0.15, 0.2) is 9.84 Å². The Hall–Kier alpha value is -2.85. The molecule has 0 aromatic carbocycles. The molecule has 3 aromatic rings. The van der Waals surface area contributed by atoms with E-state index in [0.717, 1.165) is 46.1 Å². The van der Waals surface area contributed by atoms with Gasteiger partial charge in [0.25, 0.3) is 0 Å². The average Bonchev–Trinajstić information content (AvgIpc) is 3.36. The van der Waals surface area contributed by atoms with Crippen molar-refractivity contribution in [2.24, 2.45) is 0 Å². The molecule has 0 bridgehead atoms. The lowest BCUT2D eigenvalue weighted by Crippen LogP contribution is -2.40. The SMILES string of the molecule is CC.CC.Cc1ccnc(Nc2cccc(-c3cnc(C4CCN(C(=O)CS(C)(=O)=O)CC4)s3)n2)c1. The first kappa shape index (κ1) is 29.4. The first-order chi connectivity index (χ1) is 17.3. The van der Waals surface area contributed by atoms with Crippen molar-refractivity contribution in [3.05, 3.63) is 53.3 Å². The monoisotopic (exact) mass is 531 g/mol. The number of thiazole rings is 1. The maximum atomic E-state index is 12.1. The topological polar surface area (TPSA) is 105 Å². The van der Waals surface area contributed by atoms with E-state index in [1.807, 2.05) is 71.1 Å². The van der Waals surface area contributed by atoms with E-state index in [9.17, 15) is 13.2 Å². The van der Waals surface area contributed by atoms with Crippen LogP contribution in [-0.4, -0.2) is 59.3 Å². The van der Waals surface area contributed by atoms with Crippen molar-refractivity contribution in [3.63, 3.8) is 0 Å². The van der Waals surface area contributed by atoms with Crippen LogP contribution in [0.15, 0.2) is 42.7 Å². The minimum absolute atomic E-state index is 0.258. The Kier molecular flexibility index (Phi) is 11.5. The third-order valence-electron chi connectivity index (χ3n) is 5.28. The summed E-state index contributed by atoms with van der Waals surface area (Å²) in [7, 11) is -3.31. The molecule has 0 radical (unpaired) electrons. The standard InChI is InChI=1S/C22H25N5O3S2.2C2H6/c1-15-6-9-23-20(12-15)26-19-5-3-4-17(25-19)18-13-24-22(31-18)16-7-10-27(11-8-16)21(28)14-32(2,29)30;2*1-2/h3-6,9,12-13,16H,7-8,10-11,14H2,1-2H3,(H,23,25,26);2*1-2H3. The number of sulfone groups is 1. The van der Waals surface area contributed by atoms with Crippen LogP contribution >= 0.6 is 11.3 Å². The number of aryl methyl sites for hydroxylation is 1. The Morgan fingerprint density at radius 1 is 1.08 bits per heavy atom. The number of likely N-dealkylation sites (tertiary alicyclic amines) is 1. The van der Waals surface area contributed by atoms with Gasteiger partial charge in [0.1, 0.15) is 17.4 Å². The molecule has 8 nitrogen and oxygen atoms in total. The second-order valence-corrected chi connectivity index (χ2v) is 11.2. The van der Waals surface area contributed by atoms with E-state index in [0.29, 0.717) is 18.9 Å². The minimum Gasteiger partial charge on any atom is -0.342 e. The van der Waals surface area contributed by atoms with Gasteiger partial charge in [-0.05, 0) is 49.6 Å². The molecule has 0 unspecified atom stereocenters. The van der Waals surface area contributed by atoms with Crippen molar-refractivity contribution in [1.82, 2.24) is 19.9 Å². The van der Waals surface area contributed by atoms with Crippen molar-refractivity contribution >= 4 is 38.7 Å². The number of aromatic nitrogens is 3. The normalized spacial score (nSPS) is 13.7. The van der Waals surface area contributed by atoms with Crippen LogP contribution in [0.3, 0.4) is 0 Å². The zero-order valence-electron chi connectivity index (χ0n) is 22.0. The maximum Gasteiger partial charge on any atom is 0.237 e. The van der Waals surface area contributed by atoms with E-state index < -0.39 is 15.6 Å². The summed E-state index contributed by atoms with van der Waals surface area (Å²) < 4.78 is 22.8. The number of pyridine rings is 2. The second kappa shape index (κ2) is 14.0. The molecule has 1 N–H and O–H groups in total. The molecule has 1 amide bonds. The van der Waals surface area contributed by atoms with Crippen LogP contribution in [-0.2, 0) is 14.6 Å². The van der Waals surface area contributed by atoms with Crippen LogP contribution in [0.4, 0.5) is 11.6 Å². The van der Waals surface area contributed by atoms with Gasteiger partial charge in [-0.3, -0.25) is 4.79 Å². The number of carbonyl (C=O) groups is 1. The molecule has 36 heavy (non-hydrogen) atoms. The lowest BCUT2D eigenvalue weighted by molar-refractivity contribution is -0.129. The highest BCUT2D eigenvalue weighted by molar-refractivity contribution is 7.91. The van der Waals surface area contributed by atoms with Gasteiger partial charge in [-0.15, -0.1) is 11.3 Å². The molecule has 4 rings (SSSR count). The molecule has 0 spiro atoms. The number of piperidine rings is 1. The molecule has 0 atom stereocenters. The van der Waals surface area contributed by atoms with Crippen molar-refractivity contribution in [1.29, 1.82) is 0 Å². The van der Waals surface area contributed by atoms with E-state index in [1.165, 1.54) is 0 Å². The summed E-state index contributed by atoms with van der Waals surface area (Å²) >= 11 is 1.61. The lowest BCUT2D eigenvalue weighted by Gasteiger charge is -2.31. The zero-order chi connectivity index (χ0) is 26.7. The molecule has 1 fully saturated rings. The number of amides is 1. The molecule has 1 aliphatic rings. The number of nitrogens with zero attached hydrogens (tertiary/aromatic N) is 4. The largest absolute Gasteiger partial charge is 0.342 e. The van der Waals surface area contributed by atoms with E-state index in [-0.39, 0.29) is 11.8 Å². The summed E-state index contributed by atoms with van der Waals surface area (Å²) in [6.07, 6.45) is 6.24. The van der Waals surface area contributed by atoms with Crippen LogP contribution in [0.2, 0.25) is 0 Å². The van der Waals surface area contributed by atoms with Crippen molar-refractivity contribution in [2.45, 2.75) is 53.4 Å². The van der Waals surface area contributed by atoms with Crippen LogP contribution in [0.1, 0.15) is 57.0 Å². The fourth-order valence-corrected chi connectivity index (χ4v) is 5.35. The number of anilines is 2.